The molecule has 1 N–H and O–H groups in total. The van der Waals surface area contributed by atoms with E-state index in [1.165, 1.54) is 0 Å². The van der Waals surface area contributed by atoms with Crippen LogP contribution < -0.4 is 4.90 Å². The zero-order chi connectivity index (χ0) is 26.0. The van der Waals surface area contributed by atoms with E-state index < -0.39 is 35.6 Å². The fourth-order valence-electron chi connectivity index (χ4n) is 6.28. The molecule has 0 radical (unpaired) electrons. The normalized spacial score (nSPS) is 28.3. The lowest BCUT2D eigenvalue weighted by atomic mass is 9.70. The number of hydrogen-bond donors (Lipinski definition) is 1. The van der Waals surface area contributed by atoms with Crippen molar-refractivity contribution in [3.05, 3.63) is 41.4 Å². The fraction of sp³-hybridized carbons (Fsp3) is 0.593. The van der Waals surface area contributed by atoms with Crippen LogP contribution in [0.3, 0.4) is 0 Å². The third-order valence-electron chi connectivity index (χ3n) is 7.69. The largest absolute Gasteiger partial charge is 0.466 e. The third-order valence-corrected chi connectivity index (χ3v) is 7.99. The minimum atomic E-state index is -1.10. The van der Waals surface area contributed by atoms with Crippen LogP contribution in [0.5, 0.6) is 0 Å². The first-order chi connectivity index (χ1) is 17.3. The molecule has 3 fully saturated rings. The second-order valence-electron chi connectivity index (χ2n) is 9.77. The summed E-state index contributed by atoms with van der Waals surface area (Å²) in [4.78, 5) is 44.4. The summed E-state index contributed by atoms with van der Waals surface area (Å²) in [6.45, 7) is 8.26. The van der Waals surface area contributed by atoms with Crippen molar-refractivity contribution >= 4 is 35.1 Å². The number of amides is 2. The first kappa shape index (κ1) is 26.6. The van der Waals surface area contributed by atoms with E-state index >= 15 is 0 Å². The summed E-state index contributed by atoms with van der Waals surface area (Å²) in [5.74, 6) is -2.47. The molecule has 36 heavy (non-hydrogen) atoms. The lowest BCUT2D eigenvalue weighted by Crippen LogP contribution is -2.56. The number of benzene rings is 1. The molecule has 0 aliphatic carbocycles. The zero-order valence-electron chi connectivity index (χ0n) is 21.0. The highest BCUT2D eigenvalue weighted by atomic mass is 35.5. The molecule has 3 aliphatic rings. The Bertz CT molecular complexity index is 1010. The van der Waals surface area contributed by atoms with Crippen molar-refractivity contribution in [3.63, 3.8) is 0 Å². The molecule has 3 aliphatic heterocycles. The summed E-state index contributed by atoms with van der Waals surface area (Å²) in [6, 6.07) is 4.54. The Kier molecular flexibility index (Phi) is 8.07. The molecule has 1 aromatic rings. The van der Waals surface area contributed by atoms with Crippen molar-refractivity contribution in [1.82, 2.24) is 4.90 Å². The van der Waals surface area contributed by atoms with E-state index in [1.54, 1.807) is 28.9 Å². The van der Waals surface area contributed by atoms with Gasteiger partial charge in [0.1, 0.15) is 11.6 Å². The average molecular weight is 519 g/mol. The third kappa shape index (κ3) is 4.33. The van der Waals surface area contributed by atoms with Crippen LogP contribution in [0.4, 0.5) is 5.69 Å². The predicted molar refractivity (Wildman–Crippen MR) is 136 cm³/mol. The number of nitrogens with zero attached hydrogens (tertiary/aromatic N) is 2. The number of para-hydroxylation sites is 1. The summed E-state index contributed by atoms with van der Waals surface area (Å²) in [6.07, 6.45) is 4.23. The van der Waals surface area contributed by atoms with Crippen LogP contribution in [-0.2, 0) is 23.9 Å². The number of aryl methyl sites for hydroxylation is 1. The minimum absolute atomic E-state index is 0.0670. The lowest BCUT2D eigenvalue weighted by Gasteiger charge is -2.37. The van der Waals surface area contributed by atoms with Crippen LogP contribution in [0.2, 0.25) is 5.02 Å². The molecule has 9 heteroatoms. The van der Waals surface area contributed by atoms with Crippen molar-refractivity contribution in [1.29, 1.82) is 0 Å². The number of carbonyl (C=O) groups is 3. The number of ether oxygens (including phenoxy) is 2. The maximum absolute atomic E-state index is 14.4. The Labute approximate surface area is 217 Å². The summed E-state index contributed by atoms with van der Waals surface area (Å²) in [7, 11) is 0. The van der Waals surface area contributed by atoms with Crippen LogP contribution in [0.1, 0.15) is 44.6 Å². The highest BCUT2D eigenvalue weighted by Gasteiger charge is 2.75. The molecule has 2 bridgehead atoms. The van der Waals surface area contributed by atoms with Crippen molar-refractivity contribution in [2.75, 3.05) is 31.2 Å². The molecule has 8 nitrogen and oxygen atoms in total. The number of unbranched alkanes of at least 4 members (excludes halogenated alkanes) is 2. The monoisotopic (exact) mass is 518 g/mol. The Balaban J connectivity index is 1.76. The Hall–Kier alpha value is -2.42. The molecule has 1 aromatic carbocycles. The van der Waals surface area contributed by atoms with Gasteiger partial charge in [0.15, 0.2) is 0 Å². The smallest absolute Gasteiger partial charge is 0.312 e. The molecule has 3 saturated heterocycles. The van der Waals surface area contributed by atoms with E-state index in [2.05, 4.69) is 6.58 Å². The predicted octanol–water partition coefficient (Wildman–Crippen LogP) is 3.27. The summed E-state index contributed by atoms with van der Waals surface area (Å²) in [5, 5.41) is 9.62. The van der Waals surface area contributed by atoms with Crippen molar-refractivity contribution < 1.29 is 29.0 Å². The van der Waals surface area contributed by atoms with Gasteiger partial charge < -0.3 is 24.4 Å². The van der Waals surface area contributed by atoms with Crippen LogP contribution in [0, 0.1) is 18.8 Å². The maximum atomic E-state index is 14.4. The SMILES string of the molecule is C=CCN(C(=O)C1N(CCCCCO)C(=O)[C@@H]2[C@@H](C(=O)OCC)[C@H]3CCC12O3)c1c(C)cccc1Cl. The number of rotatable bonds is 11. The number of aliphatic hydroxyl groups is 1. The number of likely N-dealkylation sites (tertiary alicyclic amines) is 1. The molecule has 2 amide bonds. The molecule has 196 valence electrons. The highest BCUT2D eigenvalue weighted by Crippen LogP contribution is 2.59. The molecule has 1 spiro atoms. The Morgan fingerprint density at radius 2 is 2.14 bits per heavy atom. The van der Waals surface area contributed by atoms with Crippen molar-refractivity contribution in [2.45, 2.75) is 63.7 Å². The minimum Gasteiger partial charge on any atom is -0.466 e. The van der Waals surface area contributed by atoms with Crippen LogP contribution >= 0.6 is 11.6 Å². The molecule has 2 unspecified atom stereocenters. The number of anilines is 1. The molecule has 3 heterocycles. The summed E-state index contributed by atoms with van der Waals surface area (Å²) >= 11 is 6.56. The number of carbonyl (C=O) groups excluding carboxylic acids is 3. The topological polar surface area (TPSA) is 96.4 Å². The molecule has 5 atom stereocenters. The van der Waals surface area contributed by atoms with Gasteiger partial charge in [-0.2, -0.15) is 0 Å². The van der Waals surface area contributed by atoms with E-state index in [0.717, 1.165) is 5.56 Å². The number of halogens is 1. The van der Waals surface area contributed by atoms with Gasteiger partial charge in [0.2, 0.25) is 5.91 Å². The molecule has 0 aromatic heterocycles. The van der Waals surface area contributed by atoms with E-state index in [9.17, 15) is 19.5 Å². The van der Waals surface area contributed by atoms with Crippen LogP contribution in [-0.4, -0.2) is 71.8 Å². The quantitative estimate of drug-likeness (QED) is 0.274. The van der Waals surface area contributed by atoms with E-state index in [1.807, 2.05) is 19.1 Å². The summed E-state index contributed by atoms with van der Waals surface area (Å²) < 4.78 is 11.8. The van der Waals surface area contributed by atoms with Crippen molar-refractivity contribution in [3.8, 4) is 0 Å². The molecular weight excluding hydrogens is 484 g/mol. The van der Waals surface area contributed by atoms with E-state index in [-0.39, 0.29) is 31.6 Å². The second kappa shape index (κ2) is 10.9. The van der Waals surface area contributed by atoms with Crippen molar-refractivity contribution in [2.24, 2.45) is 11.8 Å². The van der Waals surface area contributed by atoms with Gasteiger partial charge in [-0.25, -0.2) is 0 Å². The zero-order valence-corrected chi connectivity index (χ0v) is 21.7. The molecule has 4 rings (SSSR count). The van der Waals surface area contributed by atoms with Gasteiger partial charge in [0.25, 0.3) is 5.91 Å². The number of hydrogen-bond acceptors (Lipinski definition) is 6. The van der Waals surface area contributed by atoms with Gasteiger partial charge >= 0.3 is 5.97 Å². The Morgan fingerprint density at radius 3 is 2.81 bits per heavy atom. The number of fused-ring (bicyclic) bond motifs is 1. The molecule has 0 saturated carbocycles. The second-order valence-corrected chi connectivity index (χ2v) is 10.2. The van der Waals surface area contributed by atoms with Gasteiger partial charge in [0, 0.05) is 19.7 Å². The lowest BCUT2D eigenvalue weighted by molar-refractivity contribution is -0.154. The van der Waals surface area contributed by atoms with Crippen LogP contribution in [0.15, 0.2) is 30.9 Å². The first-order valence-electron chi connectivity index (χ1n) is 12.8. The first-order valence-corrected chi connectivity index (χ1v) is 13.1. The highest BCUT2D eigenvalue weighted by molar-refractivity contribution is 6.34. The number of aliphatic hydroxyl groups excluding tert-OH is 1. The summed E-state index contributed by atoms with van der Waals surface area (Å²) in [5.41, 5.74) is 0.305. The average Bonchev–Trinajstić information content (AvgIpc) is 3.48. The Morgan fingerprint density at radius 1 is 1.36 bits per heavy atom. The van der Waals surface area contributed by atoms with E-state index in [4.69, 9.17) is 21.1 Å². The van der Waals surface area contributed by atoms with Crippen LogP contribution in [0.25, 0.3) is 0 Å². The van der Waals surface area contributed by atoms with E-state index in [0.29, 0.717) is 49.4 Å². The fourth-order valence-corrected chi connectivity index (χ4v) is 6.61. The van der Waals surface area contributed by atoms with Gasteiger partial charge in [-0.05, 0) is 57.6 Å². The van der Waals surface area contributed by atoms with Gasteiger partial charge in [0.05, 0.1) is 35.3 Å². The standard InChI is InChI=1S/C27H35ClN2O6/c1-4-14-29(22-17(3)10-9-11-18(22)28)25(33)23-27-13-12-19(36-27)20(26(34)35-5-2)21(27)24(32)30(23)15-7-6-8-16-31/h4,9-11,19-21,23,31H,1,5-8,12-16H2,2-3H3/t19-,20+,21+,23?,27?/m1/s1. The maximum Gasteiger partial charge on any atom is 0.312 e. The van der Waals surface area contributed by atoms with Gasteiger partial charge in [-0.3, -0.25) is 14.4 Å². The number of esters is 1. The molecular formula is C27H35ClN2O6. The van der Waals surface area contributed by atoms with Gasteiger partial charge in [-0.1, -0.05) is 29.8 Å². The van der Waals surface area contributed by atoms with Gasteiger partial charge in [-0.15, -0.1) is 6.58 Å².